The summed E-state index contributed by atoms with van der Waals surface area (Å²) in [7, 11) is 0. The van der Waals surface area contributed by atoms with Crippen LogP contribution < -0.4 is 5.32 Å². The Morgan fingerprint density at radius 2 is 1.60 bits per heavy atom. The van der Waals surface area contributed by atoms with Gasteiger partial charge in [0.1, 0.15) is 0 Å². The van der Waals surface area contributed by atoms with E-state index >= 15 is 0 Å². The Morgan fingerprint density at radius 1 is 0.967 bits per heavy atom. The highest BCUT2D eigenvalue weighted by Crippen LogP contribution is 2.22. The van der Waals surface area contributed by atoms with Gasteiger partial charge in [-0.1, -0.05) is 42.5 Å². The van der Waals surface area contributed by atoms with Crippen LogP contribution in [-0.2, 0) is 11.2 Å². The fourth-order valence-electron chi connectivity index (χ4n) is 3.94. The highest BCUT2D eigenvalue weighted by molar-refractivity contribution is 5.95. The van der Waals surface area contributed by atoms with E-state index in [2.05, 4.69) is 27.3 Å². The number of carbonyl (C=O) groups is 1. The number of aliphatic hydroxyl groups excluding tert-OH is 1. The lowest BCUT2D eigenvalue weighted by Crippen LogP contribution is -2.49. The molecule has 154 valence electrons. The van der Waals surface area contributed by atoms with Crippen LogP contribution in [-0.4, -0.2) is 46.1 Å². The molecular weight excluding hydrogens is 374 g/mol. The van der Waals surface area contributed by atoms with Crippen LogP contribution in [0.1, 0.15) is 18.4 Å². The average molecular weight is 402 g/mol. The molecule has 2 N–H and O–H groups in total. The second-order valence-corrected chi connectivity index (χ2v) is 7.78. The van der Waals surface area contributed by atoms with Crippen molar-refractivity contribution < 1.29 is 9.90 Å². The van der Waals surface area contributed by atoms with Crippen molar-refractivity contribution in [2.24, 2.45) is 0 Å². The van der Waals surface area contributed by atoms with Gasteiger partial charge in [-0.3, -0.25) is 14.7 Å². The molecule has 30 heavy (non-hydrogen) atoms. The third-order valence-electron chi connectivity index (χ3n) is 5.68. The Balaban J connectivity index is 1.48. The van der Waals surface area contributed by atoms with Crippen molar-refractivity contribution in [3.63, 3.8) is 0 Å². The molecule has 0 bridgehead atoms. The minimum Gasteiger partial charge on any atom is -0.393 e. The summed E-state index contributed by atoms with van der Waals surface area (Å²) in [6.45, 7) is 1.46. The Kier molecular flexibility index (Phi) is 6.52. The number of likely N-dealkylation sites (tertiary alicyclic amines) is 1. The third kappa shape index (κ3) is 5.12. The van der Waals surface area contributed by atoms with Crippen LogP contribution in [0.4, 0.5) is 5.69 Å². The molecule has 1 unspecified atom stereocenters. The summed E-state index contributed by atoms with van der Waals surface area (Å²) >= 11 is 0. The number of hydrogen-bond acceptors (Lipinski definition) is 4. The quantitative estimate of drug-likeness (QED) is 0.660. The Bertz CT molecular complexity index is 937. The SMILES string of the molecule is O=C(Nc1ccc(-c2ccncc2)cc1)C(Cc1ccccc1)N1CCC(O)CC1. The van der Waals surface area contributed by atoms with Crippen LogP contribution in [0.2, 0.25) is 0 Å². The standard InChI is InChI=1S/C25H27N3O2/c29-23-12-16-28(17-13-23)24(18-19-4-2-1-3-5-19)25(30)27-22-8-6-20(7-9-22)21-10-14-26-15-11-21/h1-11,14-15,23-24,29H,12-13,16-18H2,(H,27,30). The van der Waals surface area contributed by atoms with Crippen molar-refractivity contribution >= 4 is 11.6 Å². The molecule has 2 aromatic carbocycles. The lowest BCUT2D eigenvalue weighted by atomic mass is 9.99. The van der Waals surface area contributed by atoms with Crippen molar-refractivity contribution in [2.45, 2.75) is 31.4 Å². The molecule has 5 heteroatoms. The molecule has 2 heterocycles. The molecule has 0 aliphatic carbocycles. The fraction of sp³-hybridized carbons (Fsp3) is 0.280. The zero-order valence-corrected chi connectivity index (χ0v) is 16.9. The molecule has 0 saturated carbocycles. The number of benzene rings is 2. The van der Waals surface area contributed by atoms with Crippen LogP contribution in [0, 0.1) is 0 Å². The molecule has 5 nitrogen and oxygen atoms in total. The molecule has 1 aliphatic heterocycles. The first-order valence-electron chi connectivity index (χ1n) is 10.5. The second-order valence-electron chi connectivity index (χ2n) is 7.78. The highest BCUT2D eigenvalue weighted by atomic mass is 16.3. The molecule has 1 saturated heterocycles. The van der Waals surface area contributed by atoms with E-state index in [0.717, 1.165) is 35.5 Å². The number of pyridine rings is 1. The van der Waals surface area contributed by atoms with Gasteiger partial charge in [-0.2, -0.15) is 0 Å². The topological polar surface area (TPSA) is 65.5 Å². The molecule has 1 amide bonds. The van der Waals surface area contributed by atoms with Crippen molar-refractivity contribution in [3.8, 4) is 11.1 Å². The first kappa shape index (κ1) is 20.3. The van der Waals surface area contributed by atoms with E-state index in [9.17, 15) is 9.90 Å². The number of anilines is 1. The lowest BCUT2D eigenvalue weighted by molar-refractivity contribution is -0.122. The molecule has 1 aromatic heterocycles. The van der Waals surface area contributed by atoms with Crippen molar-refractivity contribution in [1.29, 1.82) is 0 Å². The molecule has 1 atom stereocenters. The maximum Gasteiger partial charge on any atom is 0.242 e. The zero-order chi connectivity index (χ0) is 20.8. The molecule has 0 spiro atoms. The predicted octanol–water partition coefficient (Wildman–Crippen LogP) is 3.76. The molecule has 4 rings (SSSR count). The maximum absolute atomic E-state index is 13.2. The van der Waals surface area contributed by atoms with Gasteiger partial charge in [0.25, 0.3) is 0 Å². The zero-order valence-electron chi connectivity index (χ0n) is 16.9. The van der Waals surface area contributed by atoms with Crippen LogP contribution >= 0.6 is 0 Å². The van der Waals surface area contributed by atoms with Crippen molar-refractivity contribution in [3.05, 3.63) is 84.7 Å². The molecular formula is C25H27N3O2. The first-order chi connectivity index (χ1) is 14.7. The van der Waals surface area contributed by atoms with E-state index < -0.39 is 0 Å². The Labute approximate surface area is 177 Å². The van der Waals surface area contributed by atoms with Gasteiger partial charge in [0, 0.05) is 31.2 Å². The van der Waals surface area contributed by atoms with Gasteiger partial charge < -0.3 is 10.4 Å². The number of hydrogen-bond donors (Lipinski definition) is 2. The monoisotopic (exact) mass is 401 g/mol. The second kappa shape index (κ2) is 9.65. The van der Waals surface area contributed by atoms with Crippen LogP contribution in [0.5, 0.6) is 0 Å². The summed E-state index contributed by atoms with van der Waals surface area (Å²) in [5.74, 6) is -0.00750. The predicted molar refractivity (Wildman–Crippen MR) is 119 cm³/mol. The lowest BCUT2D eigenvalue weighted by Gasteiger charge is -2.35. The highest BCUT2D eigenvalue weighted by Gasteiger charge is 2.29. The number of piperidine rings is 1. The molecule has 0 radical (unpaired) electrons. The third-order valence-corrected chi connectivity index (χ3v) is 5.68. The number of rotatable bonds is 6. The van der Waals surface area contributed by atoms with E-state index in [0.29, 0.717) is 19.3 Å². The Morgan fingerprint density at radius 3 is 2.27 bits per heavy atom. The minimum atomic E-state index is -0.264. The van der Waals surface area contributed by atoms with E-state index in [1.165, 1.54) is 0 Å². The smallest absolute Gasteiger partial charge is 0.242 e. The van der Waals surface area contributed by atoms with E-state index in [4.69, 9.17) is 0 Å². The maximum atomic E-state index is 13.2. The summed E-state index contributed by atoms with van der Waals surface area (Å²) in [5.41, 5.74) is 4.10. The molecule has 1 fully saturated rings. The minimum absolute atomic E-state index is 0.00750. The van der Waals surface area contributed by atoms with Crippen LogP contribution in [0.3, 0.4) is 0 Å². The average Bonchev–Trinajstić information content (AvgIpc) is 2.80. The van der Waals surface area contributed by atoms with Crippen molar-refractivity contribution in [2.75, 3.05) is 18.4 Å². The van der Waals surface area contributed by atoms with Crippen molar-refractivity contribution in [1.82, 2.24) is 9.88 Å². The number of amides is 1. The summed E-state index contributed by atoms with van der Waals surface area (Å²) in [5, 5.41) is 13.0. The Hall–Kier alpha value is -3.02. The van der Waals surface area contributed by atoms with Gasteiger partial charge in [-0.25, -0.2) is 0 Å². The summed E-state index contributed by atoms with van der Waals surface area (Å²) < 4.78 is 0. The van der Waals surface area contributed by atoms with Crippen LogP contribution in [0.15, 0.2) is 79.1 Å². The fourth-order valence-corrected chi connectivity index (χ4v) is 3.94. The van der Waals surface area contributed by atoms with Gasteiger partial charge in [0.05, 0.1) is 12.1 Å². The molecule has 3 aromatic rings. The number of carbonyl (C=O) groups excluding carboxylic acids is 1. The van der Waals surface area contributed by atoms with E-state index in [1.54, 1.807) is 12.4 Å². The largest absolute Gasteiger partial charge is 0.393 e. The van der Waals surface area contributed by atoms with Gasteiger partial charge >= 0.3 is 0 Å². The van der Waals surface area contributed by atoms with Gasteiger partial charge in [-0.05, 0) is 60.2 Å². The number of aromatic nitrogens is 1. The van der Waals surface area contributed by atoms with Crippen LogP contribution in [0.25, 0.3) is 11.1 Å². The van der Waals surface area contributed by atoms with E-state index in [-0.39, 0.29) is 18.1 Å². The van der Waals surface area contributed by atoms with E-state index in [1.807, 2.05) is 54.6 Å². The summed E-state index contributed by atoms with van der Waals surface area (Å²) in [6.07, 6.45) is 5.35. The summed E-state index contributed by atoms with van der Waals surface area (Å²) in [4.78, 5) is 19.5. The van der Waals surface area contributed by atoms with Gasteiger partial charge in [0.15, 0.2) is 0 Å². The number of aliphatic hydroxyl groups is 1. The van der Waals surface area contributed by atoms with Gasteiger partial charge in [0.2, 0.25) is 5.91 Å². The number of nitrogens with one attached hydrogen (secondary N) is 1. The first-order valence-corrected chi connectivity index (χ1v) is 10.5. The summed E-state index contributed by atoms with van der Waals surface area (Å²) in [6, 6.07) is 21.7. The number of nitrogens with zero attached hydrogens (tertiary/aromatic N) is 2. The molecule has 1 aliphatic rings. The normalized spacial score (nSPS) is 16.2. The van der Waals surface area contributed by atoms with Gasteiger partial charge in [-0.15, -0.1) is 0 Å².